The number of amides is 3. The molecule has 4 saturated heterocycles. The molecular formula is C70H98N16O5Si. The van der Waals surface area contributed by atoms with E-state index in [-0.39, 0.29) is 44.1 Å². The molecule has 0 saturated carbocycles. The number of hydrogen-bond acceptors (Lipinski definition) is 16. The molecule has 21 nitrogen and oxygen atoms in total. The van der Waals surface area contributed by atoms with E-state index in [1.807, 2.05) is 86.3 Å². The van der Waals surface area contributed by atoms with Crippen LogP contribution >= 0.6 is 0 Å². The number of ether oxygens (including phenoxy) is 2. The number of nitrogens with one attached hydrogen (secondary N) is 6. The number of aromatic amines is 1. The van der Waals surface area contributed by atoms with Crippen LogP contribution < -0.4 is 26.6 Å². The van der Waals surface area contributed by atoms with E-state index in [1.165, 1.54) is 64.7 Å². The van der Waals surface area contributed by atoms with Crippen LogP contribution in [0.25, 0.3) is 66.4 Å². The van der Waals surface area contributed by atoms with Gasteiger partial charge in [-0.2, -0.15) is 0 Å². The summed E-state index contributed by atoms with van der Waals surface area (Å²) in [5, 5.41) is 19.0. The Morgan fingerprint density at radius 2 is 1.20 bits per heavy atom. The maximum absolute atomic E-state index is 13.9. The standard InChI is InChI=1S/C40H58N8O4Si.C29H36N8O.CH4/c1-40(2,3)52-39(50)47-21-14-30(15-22-47)43-38(49)37-45-35-25-29(11-12-36(35)48(37)28-51-23-24-53(4,5)6)33-26-34(31-27-41-17-13-32(31)44-33)42-16-10-20-46-18-8-7-9-19-46;38-29(33-21-7-11-30-12-8-21)28-35-24-6-5-20(17-27(24)36-28)25-18-26(22-19-31-13-9-23(22)34-25)32-10-4-16-37-14-2-1-3-15-37;/h11-13,17,25-27,30H,7-10,14-16,18-24,28H2,1-6H3,(H,42,44)(H,43,49);5-6,9,13,17-19,21,30H,1-4,7-8,10-12,14-16H2,(H,32,34)(H,33,38)(H,35,36);1H4. The number of aromatic nitrogens is 8. The summed E-state index contributed by atoms with van der Waals surface area (Å²) < 4.78 is 13.6. The van der Waals surface area contributed by atoms with E-state index in [1.54, 1.807) is 17.3 Å². The van der Waals surface area contributed by atoms with Gasteiger partial charge in [0.05, 0.1) is 44.5 Å². The molecule has 8 aromatic rings. The van der Waals surface area contributed by atoms with Crippen LogP contribution in [0.2, 0.25) is 25.7 Å². The summed E-state index contributed by atoms with van der Waals surface area (Å²) in [6.45, 7) is 25.2. The summed E-state index contributed by atoms with van der Waals surface area (Å²) in [4.78, 5) is 77.5. The second-order valence-corrected chi connectivity index (χ2v) is 32.8. The van der Waals surface area contributed by atoms with Gasteiger partial charge in [-0.05, 0) is 192 Å². The molecule has 0 unspecified atom stereocenters. The van der Waals surface area contributed by atoms with Gasteiger partial charge in [-0.15, -0.1) is 0 Å². The van der Waals surface area contributed by atoms with Gasteiger partial charge in [-0.3, -0.25) is 24.1 Å². The highest BCUT2D eigenvalue weighted by Gasteiger charge is 2.30. The predicted molar refractivity (Wildman–Crippen MR) is 372 cm³/mol. The maximum atomic E-state index is 13.9. The molecule has 6 aromatic heterocycles. The van der Waals surface area contributed by atoms with E-state index in [0.29, 0.717) is 49.7 Å². The Morgan fingerprint density at radius 3 is 1.78 bits per heavy atom. The molecule has 2 aromatic carbocycles. The number of imidazole rings is 2. The Kier molecular flexibility index (Phi) is 22.9. The first-order valence-electron chi connectivity index (χ1n) is 33.4. The fourth-order valence-electron chi connectivity index (χ4n) is 12.5. The molecule has 22 heteroatoms. The molecule has 0 atom stereocenters. The van der Waals surface area contributed by atoms with Crippen molar-refractivity contribution in [1.82, 2.24) is 70.1 Å². The normalized spacial score (nSPS) is 16.5. The SMILES string of the molecule is C.CC(C)(C)OC(=O)N1CCC(NC(=O)c2nc3cc(-c4cc(NCCCN5CCCCC5)c5cnccc5n4)ccc3n2COCC[Si](C)(C)C)CC1.O=C(NC1CCNCC1)c1nc2ccc(-c3cc(NCCCN4CCCCC4)c4cnccc4n3)cc2[nH]1. The smallest absolute Gasteiger partial charge is 0.410 e. The van der Waals surface area contributed by atoms with Gasteiger partial charge < -0.3 is 55.7 Å². The topological polar surface area (TPSA) is 238 Å². The van der Waals surface area contributed by atoms with Crippen molar-refractivity contribution in [3.05, 3.63) is 97.1 Å². The van der Waals surface area contributed by atoms with Gasteiger partial charge in [0.2, 0.25) is 5.82 Å². The largest absolute Gasteiger partial charge is 0.444 e. The molecule has 12 rings (SSSR count). The lowest BCUT2D eigenvalue weighted by molar-refractivity contribution is 0.0199. The molecule has 3 amide bonds. The lowest BCUT2D eigenvalue weighted by Gasteiger charge is -2.33. The third-order valence-electron chi connectivity index (χ3n) is 17.7. The zero-order valence-electron chi connectivity index (χ0n) is 54.3. The zero-order chi connectivity index (χ0) is 63.3. The van der Waals surface area contributed by atoms with Crippen LogP contribution in [0.4, 0.5) is 16.2 Å². The molecule has 6 N–H and O–H groups in total. The van der Waals surface area contributed by atoms with Crippen molar-refractivity contribution in [2.24, 2.45) is 0 Å². The van der Waals surface area contributed by atoms with Crippen molar-refractivity contribution in [3.8, 4) is 22.5 Å². The fraction of sp³-hybridized carbons (Fsp3) is 0.529. The van der Waals surface area contributed by atoms with Crippen molar-refractivity contribution in [2.45, 2.75) is 155 Å². The highest BCUT2D eigenvalue weighted by atomic mass is 28.3. The molecule has 492 valence electrons. The Hall–Kier alpha value is -7.63. The number of likely N-dealkylation sites (tertiary alicyclic amines) is 3. The quantitative estimate of drug-likeness (QED) is 0.0290. The summed E-state index contributed by atoms with van der Waals surface area (Å²) >= 11 is 0. The summed E-state index contributed by atoms with van der Waals surface area (Å²) in [5.74, 6) is 0.263. The molecule has 10 heterocycles. The second kappa shape index (κ2) is 31.3. The van der Waals surface area contributed by atoms with Crippen LogP contribution in [0, 0.1) is 0 Å². The van der Waals surface area contributed by atoms with Crippen molar-refractivity contribution in [1.29, 1.82) is 0 Å². The van der Waals surface area contributed by atoms with Crippen LogP contribution in [-0.2, 0) is 16.2 Å². The summed E-state index contributed by atoms with van der Waals surface area (Å²) in [6.07, 6.45) is 20.3. The van der Waals surface area contributed by atoms with Gasteiger partial charge in [0.25, 0.3) is 11.8 Å². The van der Waals surface area contributed by atoms with Crippen molar-refractivity contribution >= 4 is 81.2 Å². The molecule has 4 aliphatic heterocycles. The van der Waals surface area contributed by atoms with Crippen LogP contribution in [-0.4, -0.2) is 183 Å². The molecule has 0 radical (unpaired) electrons. The highest BCUT2D eigenvalue weighted by Crippen LogP contribution is 2.33. The Balaban J connectivity index is 0.000000210. The monoisotopic (exact) mass is 1270 g/mol. The van der Waals surface area contributed by atoms with Crippen LogP contribution in [0.1, 0.15) is 126 Å². The number of carbonyl (C=O) groups excluding carboxylic acids is 3. The number of anilines is 2. The van der Waals surface area contributed by atoms with Crippen molar-refractivity contribution in [3.63, 3.8) is 0 Å². The average Bonchev–Trinajstić information content (AvgIpc) is 1.52. The van der Waals surface area contributed by atoms with E-state index >= 15 is 0 Å². The number of H-pyrrole nitrogens is 1. The average molecular weight is 1270 g/mol. The first-order chi connectivity index (χ1) is 44.1. The number of nitrogens with zero attached hydrogens (tertiary/aromatic N) is 10. The number of benzene rings is 2. The van der Waals surface area contributed by atoms with Gasteiger partial charge in [0, 0.05) is 111 Å². The van der Waals surface area contributed by atoms with Gasteiger partial charge in [0.15, 0.2) is 5.82 Å². The minimum Gasteiger partial charge on any atom is -0.444 e. The van der Waals surface area contributed by atoms with Gasteiger partial charge in [0.1, 0.15) is 12.3 Å². The minimum atomic E-state index is -1.30. The van der Waals surface area contributed by atoms with Gasteiger partial charge in [-0.25, -0.2) is 24.7 Å². The number of fused-ring (bicyclic) bond motifs is 4. The third kappa shape index (κ3) is 18.1. The van der Waals surface area contributed by atoms with E-state index in [4.69, 9.17) is 24.4 Å². The molecule has 4 fully saturated rings. The number of pyridine rings is 4. The minimum absolute atomic E-state index is 0. The Morgan fingerprint density at radius 1 is 0.630 bits per heavy atom. The van der Waals surface area contributed by atoms with Gasteiger partial charge in [-0.1, -0.05) is 52.0 Å². The molecule has 4 aliphatic rings. The summed E-state index contributed by atoms with van der Waals surface area (Å²) in [5.41, 5.74) is 9.99. The molecule has 0 bridgehead atoms. The lowest BCUT2D eigenvalue weighted by Crippen LogP contribution is -2.48. The number of piperidine rings is 4. The summed E-state index contributed by atoms with van der Waals surface area (Å²) in [6, 6.07) is 21.3. The van der Waals surface area contributed by atoms with E-state index in [2.05, 4.69) is 88.1 Å². The molecular weight excluding hydrogens is 1170 g/mol. The number of rotatable bonds is 21. The maximum Gasteiger partial charge on any atom is 0.410 e. The molecule has 0 spiro atoms. The van der Waals surface area contributed by atoms with E-state index in [0.717, 1.165) is 143 Å². The van der Waals surface area contributed by atoms with Crippen molar-refractivity contribution < 1.29 is 23.9 Å². The number of carbonyl (C=O) groups is 3. The Labute approximate surface area is 543 Å². The zero-order valence-corrected chi connectivity index (χ0v) is 55.3. The van der Waals surface area contributed by atoms with Crippen LogP contribution in [0.3, 0.4) is 0 Å². The first-order valence-corrected chi connectivity index (χ1v) is 37.1. The molecule has 0 aliphatic carbocycles. The van der Waals surface area contributed by atoms with Crippen LogP contribution in [0.5, 0.6) is 0 Å². The first kappa shape index (κ1) is 67.3. The highest BCUT2D eigenvalue weighted by molar-refractivity contribution is 6.76. The molecule has 92 heavy (non-hydrogen) atoms. The summed E-state index contributed by atoms with van der Waals surface area (Å²) in [7, 11) is -1.30. The Bertz CT molecular complexity index is 3760. The van der Waals surface area contributed by atoms with Crippen molar-refractivity contribution in [2.75, 3.05) is 95.8 Å². The predicted octanol–water partition coefficient (Wildman–Crippen LogP) is 12.0. The second-order valence-electron chi connectivity index (χ2n) is 27.2. The lowest BCUT2D eigenvalue weighted by atomic mass is 10.1. The third-order valence-corrected chi connectivity index (χ3v) is 19.4. The fourth-order valence-corrected chi connectivity index (χ4v) is 13.3. The van der Waals surface area contributed by atoms with E-state index < -0.39 is 13.7 Å². The van der Waals surface area contributed by atoms with Gasteiger partial charge >= 0.3 is 6.09 Å². The number of hydrogen-bond donors (Lipinski definition) is 6. The van der Waals surface area contributed by atoms with E-state index in [9.17, 15) is 14.4 Å². The van der Waals surface area contributed by atoms with Crippen LogP contribution in [0.15, 0.2) is 85.5 Å².